The van der Waals surface area contributed by atoms with E-state index in [1.54, 1.807) is 13.3 Å². The summed E-state index contributed by atoms with van der Waals surface area (Å²) in [6.45, 7) is 2.01. The number of halogens is 2. The lowest BCUT2D eigenvalue weighted by Gasteiger charge is -2.04. The topological polar surface area (TPSA) is 50.8 Å². The predicted molar refractivity (Wildman–Crippen MR) is 93.0 cm³/mol. The third-order valence-corrected chi connectivity index (χ3v) is 3.18. The van der Waals surface area contributed by atoms with Gasteiger partial charge in [0, 0.05) is 23.7 Å². The molecule has 0 atom stereocenters. The molecule has 0 aliphatic rings. The summed E-state index contributed by atoms with van der Waals surface area (Å²) in [5.41, 5.74) is 3.88. The van der Waals surface area contributed by atoms with Gasteiger partial charge in [0.25, 0.3) is 0 Å². The van der Waals surface area contributed by atoms with Gasteiger partial charge in [-0.25, -0.2) is 4.98 Å². The van der Waals surface area contributed by atoms with Crippen molar-refractivity contribution in [3.63, 3.8) is 0 Å². The summed E-state index contributed by atoms with van der Waals surface area (Å²) >= 11 is 0. The number of hydrogen-bond donors (Lipinski definition) is 1. The highest BCUT2D eigenvalue weighted by Crippen LogP contribution is 2.30. The summed E-state index contributed by atoms with van der Waals surface area (Å²) in [6.07, 6.45) is 3.57. The second-order valence-electron chi connectivity index (χ2n) is 4.50. The lowest BCUT2D eigenvalue weighted by Crippen LogP contribution is -1.88. The van der Waals surface area contributed by atoms with E-state index in [0.29, 0.717) is 0 Å². The van der Waals surface area contributed by atoms with E-state index in [1.165, 1.54) is 0 Å². The molecular weight excluding hydrogens is 321 g/mol. The van der Waals surface area contributed by atoms with Crippen molar-refractivity contribution in [1.82, 2.24) is 15.0 Å². The number of methoxy groups -OCH3 is 1. The molecule has 3 aromatic rings. The first kappa shape index (κ1) is 18.0. The zero-order valence-corrected chi connectivity index (χ0v) is 13.9. The summed E-state index contributed by atoms with van der Waals surface area (Å²) in [5, 5.41) is 0. The van der Waals surface area contributed by atoms with Crippen molar-refractivity contribution in [2.45, 2.75) is 6.92 Å². The number of imidazole rings is 1. The second-order valence-corrected chi connectivity index (χ2v) is 4.50. The highest BCUT2D eigenvalue weighted by Gasteiger charge is 2.13. The van der Waals surface area contributed by atoms with Crippen LogP contribution in [-0.2, 0) is 0 Å². The standard InChI is InChI=1S/C16H15N3O.2ClH/c1-11-15(12-6-5-9-17-10-12)19-16(18-11)13-7-3-4-8-14(13)20-2;;/h3-10H,1-2H3,(H,18,19);2*1H. The van der Waals surface area contributed by atoms with E-state index in [9.17, 15) is 0 Å². The summed E-state index contributed by atoms with van der Waals surface area (Å²) < 4.78 is 5.38. The molecule has 0 saturated carbocycles. The van der Waals surface area contributed by atoms with E-state index in [0.717, 1.165) is 34.1 Å². The Labute approximate surface area is 141 Å². The third-order valence-electron chi connectivity index (χ3n) is 3.18. The van der Waals surface area contributed by atoms with Gasteiger partial charge in [-0.1, -0.05) is 12.1 Å². The number of nitrogens with zero attached hydrogens (tertiary/aromatic N) is 2. The summed E-state index contributed by atoms with van der Waals surface area (Å²) in [7, 11) is 1.66. The molecule has 0 aliphatic carbocycles. The molecule has 0 unspecified atom stereocenters. The number of pyridine rings is 1. The number of ether oxygens (including phenoxy) is 1. The molecule has 0 saturated heterocycles. The van der Waals surface area contributed by atoms with Gasteiger partial charge in [-0.3, -0.25) is 4.98 Å². The number of para-hydroxylation sites is 1. The van der Waals surface area contributed by atoms with Crippen molar-refractivity contribution >= 4 is 24.8 Å². The molecule has 1 aromatic carbocycles. The van der Waals surface area contributed by atoms with E-state index < -0.39 is 0 Å². The van der Waals surface area contributed by atoms with Crippen LogP contribution in [0.5, 0.6) is 5.75 Å². The van der Waals surface area contributed by atoms with E-state index in [1.807, 2.05) is 49.5 Å². The highest BCUT2D eigenvalue weighted by atomic mass is 35.5. The molecule has 22 heavy (non-hydrogen) atoms. The number of hydrogen-bond acceptors (Lipinski definition) is 3. The summed E-state index contributed by atoms with van der Waals surface area (Å²) in [6, 6.07) is 11.7. The van der Waals surface area contributed by atoms with Gasteiger partial charge in [0.1, 0.15) is 11.6 Å². The molecule has 0 aliphatic heterocycles. The van der Waals surface area contributed by atoms with E-state index in [-0.39, 0.29) is 24.8 Å². The zero-order valence-electron chi connectivity index (χ0n) is 12.2. The maximum Gasteiger partial charge on any atom is 0.142 e. The van der Waals surface area contributed by atoms with Crippen LogP contribution in [0.4, 0.5) is 0 Å². The molecule has 0 spiro atoms. The fraction of sp³-hybridized carbons (Fsp3) is 0.125. The Bertz CT molecular complexity index is 729. The molecule has 3 rings (SSSR count). The van der Waals surface area contributed by atoms with Crippen molar-refractivity contribution in [3.05, 3.63) is 54.5 Å². The molecule has 2 heterocycles. The van der Waals surface area contributed by atoms with Gasteiger partial charge in [-0.2, -0.15) is 0 Å². The van der Waals surface area contributed by atoms with Crippen molar-refractivity contribution in [2.24, 2.45) is 0 Å². The SMILES string of the molecule is COc1ccccc1-c1nc(-c2cccnc2)c(C)[nH]1.Cl.Cl. The largest absolute Gasteiger partial charge is 0.496 e. The molecule has 6 heteroatoms. The second kappa shape index (κ2) is 7.82. The van der Waals surface area contributed by atoms with Gasteiger partial charge >= 0.3 is 0 Å². The highest BCUT2D eigenvalue weighted by molar-refractivity contribution is 5.85. The van der Waals surface area contributed by atoms with Gasteiger partial charge < -0.3 is 9.72 Å². The lowest BCUT2D eigenvalue weighted by molar-refractivity contribution is 0.416. The third kappa shape index (κ3) is 3.40. The van der Waals surface area contributed by atoms with Gasteiger partial charge in [0.15, 0.2) is 0 Å². The smallest absolute Gasteiger partial charge is 0.142 e. The van der Waals surface area contributed by atoms with Crippen LogP contribution >= 0.6 is 24.8 Å². The van der Waals surface area contributed by atoms with Crippen LogP contribution in [0.3, 0.4) is 0 Å². The lowest BCUT2D eigenvalue weighted by atomic mass is 10.2. The van der Waals surface area contributed by atoms with Crippen molar-refractivity contribution in [2.75, 3.05) is 7.11 Å². The van der Waals surface area contributed by atoms with Crippen LogP contribution in [0.1, 0.15) is 5.69 Å². The van der Waals surface area contributed by atoms with Crippen molar-refractivity contribution in [3.8, 4) is 28.4 Å². The van der Waals surface area contributed by atoms with Gasteiger partial charge in [-0.05, 0) is 31.2 Å². The van der Waals surface area contributed by atoms with Crippen LogP contribution in [-0.4, -0.2) is 22.1 Å². The maximum atomic E-state index is 5.38. The number of aromatic nitrogens is 3. The van der Waals surface area contributed by atoms with Gasteiger partial charge in [-0.15, -0.1) is 24.8 Å². The quantitative estimate of drug-likeness (QED) is 0.775. The minimum atomic E-state index is 0. The Morgan fingerprint density at radius 1 is 1.05 bits per heavy atom. The molecule has 0 bridgehead atoms. The van der Waals surface area contributed by atoms with Gasteiger partial charge in [0.05, 0.1) is 18.4 Å². The minimum Gasteiger partial charge on any atom is -0.496 e. The molecule has 2 aromatic heterocycles. The Hall–Kier alpha value is -2.04. The fourth-order valence-electron chi connectivity index (χ4n) is 2.21. The van der Waals surface area contributed by atoms with Crippen LogP contribution < -0.4 is 4.74 Å². The van der Waals surface area contributed by atoms with E-state index in [4.69, 9.17) is 4.74 Å². The average molecular weight is 338 g/mol. The summed E-state index contributed by atoms with van der Waals surface area (Å²) in [4.78, 5) is 12.1. The normalized spacial score (nSPS) is 9.55. The van der Waals surface area contributed by atoms with Gasteiger partial charge in [0.2, 0.25) is 0 Å². The first-order valence-electron chi connectivity index (χ1n) is 6.40. The first-order valence-corrected chi connectivity index (χ1v) is 6.40. The van der Waals surface area contributed by atoms with Crippen LogP contribution in [0.25, 0.3) is 22.6 Å². The van der Waals surface area contributed by atoms with Crippen LogP contribution in [0, 0.1) is 6.92 Å². The molecule has 0 amide bonds. The van der Waals surface area contributed by atoms with E-state index in [2.05, 4.69) is 15.0 Å². The maximum absolute atomic E-state index is 5.38. The number of rotatable bonds is 3. The Kier molecular flexibility index (Phi) is 6.40. The van der Waals surface area contributed by atoms with Crippen LogP contribution in [0.15, 0.2) is 48.8 Å². The number of H-pyrrole nitrogens is 1. The number of benzene rings is 1. The molecule has 1 N–H and O–H groups in total. The first-order chi connectivity index (χ1) is 9.79. The van der Waals surface area contributed by atoms with E-state index >= 15 is 0 Å². The molecule has 116 valence electrons. The zero-order chi connectivity index (χ0) is 13.9. The summed E-state index contributed by atoms with van der Waals surface area (Å²) in [5.74, 6) is 1.61. The number of aromatic amines is 1. The Morgan fingerprint density at radius 3 is 2.50 bits per heavy atom. The minimum absolute atomic E-state index is 0. The molecular formula is C16H17Cl2N3O. The number of aryl methyl sites for hydroxylation is 1. The van der Waals surface area contributed by atoms with Crippen molar-refractivity contribution < 1.29 is 4.74 Å². The fourth-order valence-corrected chi connectivity index (χ4v) is 2.21. The monoisotopic (exact) mass is 337 g/mol. The Morgan fingerprint density at radius 2 is 1.82 bits per heavy atom. The molecule has 0 fully saturated rings. The predicted octanol–water partition coefficient (Wildman–Crippen LogP) is 4.30. The number of nitrogens with one attached hydrogen (secondary N) is 1. The Balaban J connectivity index is 0.00000121. The van der Waals surface area contributed by atoms with Crippen LogP contribution in [0.2, 0.25) is 0 Å². The van der Waals surface area contributed by atoms with Crippen molar-refractivity contribution in [1.29, 1.82) is 0 Å². The molecule has 4 nitrogen and oxygen atoms in total. The molecule has 0 radical (unpaired) electrons. The average Bonchev–Trinajstić information content (AvgIpc) is 2.90.